The summed E-state index contributed by atoms with van der Waals surface area (Å²) in [5, 5.41) is 2.82. The number of piperazine rings is 1. The van der Waals surface area contributed by atoms with Gasteiger partial charge in [0.1, 0.15) is 5.82 Å². The summed E-state index contributed by atoms with van der Waals surface area (Å²) < 4.78 is 39.9. The normalized spacial score (nSPS) is 17.1. The van der Waals surface area contributed by atoms with Crippen LogP contribution in [-0.4, -0.2) is 55.8 Å². The highest BCUT2D eigenvalue weighted by Gasteiger charge is 2.31. The van der Waals surface area contributed by atoms with Crippen molar-refractivity contribution in [3.8, 4) is 0 Å². The Morgan fingerprint density at radius 3 is 2.41 bits per heavy atom. The van der Waals surface area contributed by atoms with Crippen LogP contribution in [0.4, 0.5) is 10.1 Å². The van der Waals surface area contributed by atoms with Crippen LogP contribution in [0.25, 0.3) is 0 Å². The maximum atomic E-state index is 13.1. The zero-order valence-electron chi connectivity index (χ0n) is 16.0. The quantitative estimate of drug-likeness (QED) is 0.751. The molecule has 156 valence electrons. The summed E-state index contributed by atoms with van der Waals surface area (Å²) in [6.45, 7) is 3.29. The highest BCUT2D eigenvalue weighted by atomic mass is 35.5. The van der Waals surface area contributed by atoms with Gasteiger partial charge in [-0.3, -0.25) is 9.69 Å². The van der Waals surface area contributed by atoms with Gasteiger partial charge in [0.15, 0.2) is 0 Å². The minimum atomic E-state index is -3.41. The van der Waals surface area contributed by atoms with E-state index < -0.39 is 21.9 Å². The molecule has 1 fully saturated rings. The minimum absolute atomic E-state index is 0.0348. The van der Waals surface area contributed by atoms with Crippen LogP contribution in [0.1, 0.15) is 12.5 Å². The van der Waals surface area contributed by atoms with E-state index in [1.807, 2.05) is 23.1 Å². The van der Waals surface area contributed by atoms with Crippen LogP contribution in [0.15, 0.2) is 48.5 Å². The number of carbonyl (C=O) groups excluding carboxylic acids is 1. The summed E-state index contributed by atoms with van der Waals surface area (Å²) in [6, 6.07) is 12.4. The molecule has 0 bridgehead atoms. The lowest BCUT2D eigenvalue weighted by Gasteiger charge is -2.36. The topological polar surface area (TPSA) is 69.7 Å². The number of rotatable bonds is 6. The third kappa shape index (κ3) is 5.54. The van der Waals surface area contributed by atoms with E-state index >= 15 is 0 Å². The van der Waals surface area contributed by atoms with Crippen LogP contribution in [0.2, 0.25) is 5.02 Å². The van der Waals surface area contributed by atoms with Crippen LogP contribution in [0, 0.1) is 5.82 Å². The lowest BCUT2D eigenvalue weighted by Crippen LogP contribution is -2.54. The van der Waals surface area contributed by atoms with Crippen molar-refractivity contribution in [3.63, 3.8) is 0 Å². The van der Waals surface area contributed by atoms with Gasteiger partial charge in [-0.2, -0.15) is 4.31 Å². The first kappa shape index (κ1) is 21.7. The van der Waals surface area contributed by atoms with E-state index in [4.69, 9.17) is 11.6 Å². The molecule has 29 heavy (non-hydrogen) atoms. The first-order chi connectivity index (χ1) is 13.8. The molecule has 1 N–H and O–H groups in total. The first-order valence-electron chi connectivity index (χ1n) is 9.28. The fourth-order valence-electron chi connectivity index (χ4n) is 3.24. The van der Waals surface area contributed by atoms with Crippen molar-refractivity contribution in [2.75, 3.05) is 31.5 Å². The summed E-state index contributed by atoms with van der Waals surface area (Å²) in [4.78, 5) is 14.4. The third-order valence-electron chi connectivity index (χ3n) is 4.97. The molecule has 1 aliphatic heterocycles. The van der Waals surface area contributed by atoms with Crippen LogP contribution in [-0.2, 0) is 20.6 Å². The molecule has 0 aromatic heterocycles. The van der Waals surface area contributed by atoms with Gasteiger partial charge in [-0.1, -0.05) is 41.9 Å². The largest absolute Gasteiger partial charge is 0.323 e. The van der Waals surface area contributed by atoms with E-state index in [0.29, 0.717) is 31.9 Å². The third-order valence-corrected chi connectivity index (χ3v) is 7.14. The number of nitrogens with zero attached hydrogens (tertiary/aromatic N) is 2. The van der Waals surface area contributed by atoms with Gasteiger partial charge in [0.25, 0.3) is 0 Å². The first-order valence-corrected chi connectivity index (χ1v) is 11.3. The van der Waals surface area contributed by atoms with Crippen molar-refractivity contribution in [1.82, 2.24) is 9.21 Å². The Balaban J connectivity index is 1.56. The number of nitrogens with one attached hydrogen (secondary N) is 1. The van der Waals surface area contributed by atoms with E-state index in [2.05, 4.69) is 5.32 Å². The molecule has 0 saturated carbocycles. The number of sulfonamides is 1. The zero-order valence-corrected chi connectivity index (χ0v) is 17.6. The molecule has 3 rings (SSSR count). The summed E-state index contributed by atoms with van der Waals surface area (Å²) in [6.07, 6.45) is 0. The maximum Gasteiger partial charge on any atom is 0.241 e. The Bertz CT molecular complexity index is 964. The molecular formula is C20H23ClFN3O3S. The van der Waals surface area contributed by atoms with Crippen LogP contribution >= 0.6 is 11.6 Å². The average Bonchev–Trinajstić information content (AvgIpc) is 2.70. The number of halogens is 2. The van der Waals surface area contributed by atoms with E-state index in [9.17, 15) is 17.6 Å². The molecule has 0 radical (unpaired) electrons. The number of hydrogen-bond acceptors (Lipinski definition) is 4. The highest BCUT2D eigenvalue weighted by Crippen LogP contribution is 2.23. The summed E-state index contributed by atoms with van der Waals surface area (Å²) in [5.41, 5.74) is 1.09. The lowest BCUT2D eigenvalue weighted by molar-refractivity contribution is -0.121. The van der Waals surface area contributed by atoms with Gasteiger partial charge in [0.05, 0.1) is 22.5 Å². The van der Waals surface area contributed by atoms with Gasteiger partial charge in [0.2, 0.25) is 15.9 Å². The summed E-state index contributed by atoms with van der Waals surface area (Å²) in [7, 11) is -3.41. The van der Waals surface area contributed by atoms with Crippen molar-refractivity contribution in [1.29, 1.82) is 0 Å². The molecule has 2 aromatic rings. The molecule has 1 aliphatic rings. The maximum absolute atomic E-state index is 13.1. The smallest absolute Gasteiger partial charge is 0.241 e. The standard InChI is InChI=1S/C20H23ClFN3O3S/c1-15(20(26)23-19-8-7-17(22)13-18(19)21)24-9-11-25(12-10-24)29(27,28)14-16-5-3-2-4-6-16/h2-8,13,15H,9-12,14H2,1H3,(H,23,26)/t15-/m0/s1. The summed E-state index contributed by atoms with van der Waals surface area (Å²) in [5.74, 6) is -0.791. The van der Waals surface area contributed by atoms with E-state index in [-0.39, 0.29) is 16.7 Å². The molecular weight excluding hydrogens is 417 g/mol. The van der Waals surface area contributed by atoms with Gasteiger partial charge >= 0.3 is 0 Å². The Morgan fingerprint density at radius 2 is 1.79 bits per heavy atom. The molecule has 1 atom stereocenters. The highest BCUT2D eigenvalue weighted by molar-refractivity contribution is 7.88. The SMILES string of the molecule is C[C@@H](C(=O)Nc1ccc(F)cc1Cl)N1CCN(S(=O)(=O)Cc2ccccc2)CC1. The van der Waals surface area contributed by atoms with E-state index in [0.717, 1.165) is 11.6 Å². The Kier molecular flexibility index (Phi) is 6.89. The molecule has 1 saturated heterocycles. The van der Waals surface area contributed by atoms with Gasteiger partial charge in [-0.05, 0) is 30.7 Å². The van der Waals surface area contributed by atoms with Crippen molar-refractivity contribution in [2.45, 2.75) is 18.7 Å². The molecule has 1 heterocycles. The van der Waals surface area contributed by atoms with E-state index in [1.165, 1.54) is 16.4 Å². The molecule has 0 unspecified atom stereocenters. The predicted octanol–water partition coefficient (Wildman–Crippen LogP) is 2.95. The molecule has 6 nitrogen and oxygen atoms in total. The van der Waals surface area contributed by atoms with Crippen LogP contribution in [0.3, 0.4) is 0 Å². The fraction of sp³-hybridized carbons (Fsp3) is 0.350. The number of carbonyl (C=O) groups is 1. The van der Waals surface area contributed by atoms with Gasteiger partial charge < -0.3 is 5.32 Å². The van der Waals surface area contributed by atoms with Crippen LogP contribution in [0.5, 0.6) is 0 Å². The van der Waals surface area contributed by atoms with E-state index in [1.54, 1.807) is 19.1 Å². The van der Waals surface area contributed by atoms with Gasteiger partial charge in [0, 0.05) is 26.2 Å². The zero-order chi connectivity index (χ0) is 21.0. The molecule has 1 amide bonds. The molecule has 2 aromatic carbocycles. The summed E-state index contributed by atoms with van der Waals surface area (Å²) >= 11 is 5.96. The Hall–Kier alpha value is -2.00. The second-order valence-electron chi connectivity index (χ2n) is 6.97. The molecule has 0 spiro atoms. The van der Waals surface area contributed by atoms with Crippen molar-refractivity contribution >= 4 is 33.2 Å². The monoisotopic (exact) mass is 439 g/mol. The second kappa shape index (κ2) is 9.21. The minimum Gasteiger partial charge on any atom is -0.323 e. The predicted molar refractivity (Wildman–Crippen MR) is 112 cm³/mol. The van der Waals surface area contributed by atoms with Crippen molar-refractivity contribution < 1.29 is 17.6 Å². The Labute approximate surface area is 175 Å². The average molecular weight is 440 g/mol. The molecule has 0 aliphatic carbocycles. The number of amides is 1. The number of benzene rings is 2. The number of hydrogen-bond donors (Lipinski definition) is 1. The second-order valence-corrected chi connectivity index (χ2v) is 9.34. The van der Waals surface area contributed by atoms with Crippen molar-refractivity contribution in [2.24, 2.45) is 0 Å². The lowest BCUT2D eigenvalue weighted by atomic mass is 10.2. The molecule has 9 heteroatoms. The van der Waals surface area contributed by atoms with Crippen LogP contribution < -0.4 is 5.32 Å². The number of anilines is 1. The van der Waals surface area contributed by atoms with Gasteiger partial charge in [-0.25, -0.2) is 12.8 Å². The van der Waals surface area contributed by atoms with Gasteiger partial charge in [-0.15, -0.1) is 0 Å². The fourth-order valence-corrected chi connectivity index (χ4v) is 4.97. The van der Waals surface area contributed by atoms with Crippen molar-refractivity contribution in [3.05, 3.63) is 64.9 Å². The Morgan fingerprint density at radius 1 is 1.14 bits per heavy atom.